The number of carbonyl (C=O) groups is 1. The van der Waals surface area contributed by atoms with Crippen LogP contribution in [0.2, 0.25) is 0 Å². The molecular weight excluding hydrogens is 304 g/mol. The molecule has 0 spiro atoms. The first-order valence-electron chi connectivity index (χ1n) is 9.04. The zero-order valence-corrected chi connectivity index (χ0v) is 15.6. The molecule has 1 aliphatic carbocycles. The van der Waals surface area contributed by atoms with Crippen molar-refractivity contribution in [2.24, 2.45) is 0 Å². The van der Waals surface area contributed by atoms with E-state index in [0.29, 0.717) is 0 Å². The molecule has 0 amide bonds. The lowest BCUT2D eigenvalue weighted by Crippen LogP contribution is -2.12. The van der Waals surface area contributed by atoms with Crippen LogP contribution in [0, 0.1) is 27.7 Å². The van der Waals surface area contributed by atoms with Gasteiger partial charge in [0.05, 0.1) is 0 Å². The van der Waals surface area contributed by atoms with E-state index in [9.17, 15) is 4.79 Å². The van der Waals surface area contributed by atoms with Crippen molar-refractivity contribution in [2.45, 2.75) is 47.0 Å². The van der Waals surface area contributed by atoms with Crippen LogP contribution >= 0.6 is 0 Å². The third-order valence-electron chi connectivity index (χ3n) is 5.22. The van der Waals surface area contributed by atoms with Crippen LogP contribution in [-0.2, 0) is 4.79 Å². The molecule has 0 saturated heterocycles. The Kier molecular flexibility index (Phi) is 5.03. The maximum atomic E-state index is 12.9. The van der Waals surface area contributed by atoms with Gasteiger partial charge in [0.25, 0.3) is 0 Å². The zero-order valence-electron chi connectivity index (χ0n) is 15.6. The summed E-state index contributed by atoms with van der Waals surface area (Å²) in [7, 11) is 0. The molecule has 0 bridgehead atoms. The molecular formula is C24H26O. The van der Waals surface area contributed by atoms with Gasteiger partial charge in [-0.05, 0) is 92.5 Å². The summed E-state index contributed by atoms with van der Waals surface area (Å²) in [6.45, 7) is 8.46. The number of benzene rings is 2. The Morgan fingerprint density at radius 3 is 1.52 bits per heavy atom. The van der Waals surface area contributed by atoms with Crippen molar-refractivity contribution in [1.29, 1.82) is 0 Å². The van der Waals surface area contributed by atoms with Gasteiger partial charge in [0.15, 0.2) is 5.78 Å². The molecule has 2 aromatic carbocycles. The first kappa shape index (κ1) is 17.4. The summed E-state index contributed by atoms with van der Waals surface area (Å²) in [6.07, 6.45) is 6.93. The Balaban J connectivity index is 1.89. The molecule has 1 saturated carbocycles. The van der Waals surface area contributed by atoms with Crippen molar-refractivity contribution >= 4 is 17.9 Å². The van der Waals surface area contributed by atoms with Gasteiger partial charge >= 0.3 is 0 Å². The first-order valence-corrected chi connectivity index (χ1v) is 9.04. The summed E-state index contributed by atoms with van der Waals surface area (Å²) in [5, 5.41) is 0. The lowest BCUT2D eigenvalue weighted by atomic mass is 9.86. The minimum Gasteiger partial charge on any atom is -0.289 e. The molecule has 0 unspecified atom stereocenters. The van der Waals surface area contributed by atoms with Crippen molar-refractivity contribution in [3.63, 3.8) is 0 Å². The minimum atomic E-state index is 0.211. The van der Waals surface area contributed by atoms with Gasteiger partial charge < -0.3 is 0 Å². The van der Waals surface area contributed by atoms with E-state index in [1.807, 2.05) is 0 Å². The average Bonchev–Trinajstić information content (AvgIpc) is 2.58. The van der Waals surface area contributed by atoms with E-state index in [0.717, 1.165) is 41.5 Å². The van der Waals surface area contributed by atoms with Crippen LogP contribution in [-0.4, -0.2) is 5.78 Å². The third kappa shape index (κ3) is 3.99. The van der Waals surface area contributed by atoms with E-state index in [1.54, 1.807) is 0 Å². The van der Waals surface area contributed by atoms with Crippen LogP contribution < -0.4 is 0 Å². The highest BCUT2D eigenvalue weighted by Gasteiger charge is 2.20. The van der Waals surface area contributed by atoms with Crippen LogP contribution in [0.4, 0.5) is 0 Å². The number of allylic oxidation sites excluding steroid dienone is 2. The van der Waals surface area contributed by atoms with Gasteiger partial charge in [-0.2, -0.15) is 0 Å². The molecule has 1 nitrogen and oxygen atoms in total. The van der Waals surface area contributed by atoms with Gasteiger partial charge in [-0.25, -0.2) is 0 Å². The number of aryl methyl sites for hydroxylation is 4. The summed E-state index contributed by atoms with van der Waals surface area (Å²) in [5.74, 6) is 0.211. The largest absolute Gasteiger partial charge is 0.289 e. The molecule has 128 valence electrons. The van der Waals surface area contributed by atoms with E-state index in [-0.39, 0.29) is 5.78 Å². The predicted molar refractivity (Wildman–Crippen MR) is 107 cm³/mol. The molecule has 1 aliphatic rings. The summed E-state index contributed by atoms with van der Waals surface area (Å²) in [4.78, 5) is 12.9. The van der Waals surface area contributed by atoms with Gasteiger partial charge in [0.2, 0.25) is 0 Å². The molecule has 0 heterocycles. The van der Waals surface area contributed by atoms with E-state index in [1.165, 1.54) is 22.3 Å². The van der Waals surface area contributed by atoms with Crippen LogP contribution in [0.25, 0.3) is 12.2 Å². The number of carbonyl (C=O) groups excluding carboxylic acids is 1. The molecule has 0 atom stereocenters. The molecule has 3 rings (SSSR count). The second-order valence-electron chi connectivity index (χ2n) is 7.21. The number of rotatable bonds is 2. The molecule has 0 aromatic heterocycles. The molecule has 0 aliphatic heterocycles. The van der Waals surface area contributed by atoms with Crippen molar-refractivity contribution in [3.05, 3.63) is 80.9 Å². The second-order valence-corrected chi connectivity index (χ2v) is 7.21. The van der Waals surface area contributed by atoms with Crippen LogP contribution in [0.1, 0.15) is 52.6 Å². The minimum absolute atomic E-state index is 0.211. The SMILES string of the molecule is Cc1ccc(C=C2CCCC(=Cc3ccc(C)c(C)c3)C2=O)cc1C. The van der Waals surface area contributed by atoms with E-state index in [2.05, 4.69) is 76.2 Å². The van der Waals surface area contributed by atoms with Gasteiger partial charge in [-0.15, -0.1) is 0 Å². The standard InChI is InChI=1S/C24H26O/c1-16-8-10-20(12-18(16)3)14-22-6-5-7-23(24(22)25)15-21-11-9-17(2)19(4)13-21/h8-15H,5-7H2,1-4H3. The van der Waals surface area contributed by atoms with Gasteiger partial charge in [-0.3, -0.25) is 4.79 Å². The molecule has 0 radical (unpaired) electrons. The van der Waals surface area contributed by atoms with Crippen LogP contribution in [0.5, 0.6) is 0 Å². The summed E-state index contributed by atoms with van der Waals surface area (Å²) >= 11 is 0. The Morgan fingerprint density at radius 1 is 0.680 bits per heavy atom. The highest BCUT2D eigenvalue weighted by Crippen LogP contribution is 2.28. The summed E-state index contributed by atoms with van der Waals surface area (Å²) < 4.78 is 0. The summed E-state index contributed by atoms with van der Waals surface area (Å²) in [6, 6.07) is 12.8. The van der Waals surface area contributed by atoms with Crippen molar-refractivity contribution < 1.29 is 4.79 Å². The number of Topliss-reactive ketones (excluding diaryl/α,β-unsaturated/α-hetero) is 1. The predicted octanol–water partition coefficient (Wildman–Crippen LogP) is 6.14. The van der Waals surface area contributed by atoms with Gasteiger partial charge in [-0.1, -0.05) is 36.4 Å². The number of ketones is 1. The maximum absolute atomic E-state index is 12.9. The maximum Gasteiger partial charge on any atom is 0.185 e. The Labute approximate surface area is 151 Å². The Hall–Kier alpha value is -2.41. The second kappa shape index (κ2) is 7.23. The highest BCUT2D eigenvalue weighted by molar-refractivity contribution is 6.13. The topological polar surface area (TPSA) is 17.1 Å². The highest BCUT2D eigenvalue weighted by atomic mass is 16.1. The lowest BCUT2D eigenvalue weighted by molar-refractivity contribution is -0.112. The first-order chi connectivity index (χ1) is 11.9. The fraction of sp³-hybridized carbons (Fsp3) is 0.292. The monoisotopic (exact) mass is 330 g/mol. The quantitative estimate of drug-likeness (QED) is 0.604. The Bertz CT molecular complexity index is 809. The van der Waals surface area contributed by atoms with Crippen molar-refractivity contribution in [3.8, 4) is 0 Å². The third-order valence-corrected chi connectivity index (χ3v) is 5.22. The normalized spacial score (nSPS) is 18.2. The van der Waals surface area contributed by atoms with Crippen molar-refractivity contribution in [1.82, 2.24) is 0 Å². The average molecular weight is 330 g/mol. The van der Waals surface area contributed by atoms with E-state index >= 15 is 0 Å². The molecule has 0 N–H and O–H groups in total. The zero-order chi connectivity index (χ0) is 18.0. The van der Waals surface area contributed by atoms with Crippen molar-refractivity contribution in [2.75, 3.05) is 0 Å². The van der Waals surface area contributed by atoms with Gasteiger partial charge in [0, 0.05) is 11.1 Å². The molecule has 2 aromatic rings. The lowest BCUT2D eigenvalue weighted by Gasteiger charge is -2.17. The fourth-order valence-corrected chi connectivity index (χ4v) is 3.29. The molecule has 1 fully saturated rings. The smallest absolute Gasteiger partial charge is 0.185 e. The Morgan fingerprint density at radius 2 is 1.12 bits per heavy atom. The molecule has 25 heavy (non-hydrogen) atoms. The van der Waals surface area contributed by atoms with Crippen LogP contribution in [0.3, 0.4) is 0 Å². The van der Waals surface area contributed by atoms with E-state index in [4.69, 9.17) is 0 Å². The number of hydrogen-bond donors (Lipinski definition) is 0. The number of hydrogen-bond acceptors (Lipinski definition) is 1. The van der Waals surface area contributed by atoms with Gasteiger partial charge in [0.1, 0.15) is 0 Å². The van der Waals surface area contributed by atoms with Crippen LogP contribution in [0.15, 0.2) is 47.5 Å². The van der Waals surface area contributed by atoms with E-state index < -0.39 is 0 Å². The molecule has 1 heteroatoms. The summed E-state index contributed by atoms with van der Waals surface area (Å²) in [5.41, 5.74) is 9.22. The fourth-order valence-electron chi connectivity index (χ4n) is 3.29.